The van der Waals surface area contributed by atoms with Crippen LogP contribution >= 0.6 is 0 Å². The van der Waals surface area contributed by atoms with Gasteiger partial charge in [-0.1, -0.05) is 0 Å². The third kappa shape index (κ3) is 2.37. The van der Waals surface area contributed by atoms with Crippen LogP contribution in [0.3, 0.4) is 0 Å². The number of carboxylic acids is 1. The van der Waals surface area contributed by atoms with Gasteiger partial charge in [0.1, 0.15) is 12.2 Å². The van der Waals surface area contributed by atoms with Crippen molar-refractivity contribution in [2.24, 2.45) is 0 Å². The van der Waals surface area contributed by atoms with Crippen molar-refractivity contribution in [1.82, 2.24) is 9.47 Å². The lowest BCUT2D eigenvalue weighted by Gasteiger charge is -2.30. The highest BCUT2D eigenvalue weighted by Crippen LogP contribution is 2.34. The molecule has 1 aromatic rings. The molecule has 0 saturated heterocycles. The van der Waals surface area contributed by atoms with Crippen molar-refractivity contribution in [3.8, 4) is 0 Å². The number of hydrogen-bond donors (Lipinski definition) is 1. The molecule has 2 aliphatic rings. The average Bonchev–Trinajstić information content (AvgIpc) is 3.03. The third-order valence-corrected chi connectivity index (χ3v) is 4.02. The first-order chi connectivity index (χ1) is 9.16. The van der Waals surface area contributed by atoms with Gasteiger partial charge in [0.15, 0.2) is 0 Å². The molecule has 2 aliphatic carbocycles. The van der Waals surface area contributed by atoms with Crippen molar-refractivity contribution in [3.05, 3.63) is 24.0 Å². The van der Waals surface area contributed by atoms with Crippen LogP contribution in [0.15, 0.2) is 18.3 Å². The molecule has 0 radical (unpaired) electrons. The Morgan fingerprint density at radius 1 is 1.32 bits per heavy atom. The van der Waals surface area contributed by atoms with Crippen molar-refractivity contribution < 1.29 is 14.7 Å². The number of nitrogens with zero attached hydrogens (tertiary/aromatic N) is 2. The lowest BCUT2D eigenvalue weighted by atomic mass is 9.93. The number of hydrogen-bond acceptors (Lipinski definition) is 2. The molecule has 19 heavy (non-hydrogen) atoms. The van der Waals surface area contributed by atoms with Gasteiger partial charge in [-0.25, -0.2) is 0 Å². The Kier molecular flexibility index (Phi) is 3.05. The van der Waals surface area contributed by atoms with E-state index in [0.29, 0.717) is 11.7 Å². The van der Waals surface area contributed by atoms with Crippen LogP contribution in [-0.4, -0.2) is 39.0 Å². The van der Waals surface area contributed by atoms with E-state index in [4.69, 9.17) is 5.11 Å². The van der Waals surface area contributed by atoms with Gasteiger partial charge in [-0.3, -0.25) is 9.59 Å². The lowest BCUT2D eigenvalue weighted by Crippen LogP contribution is -2.39. The fourth-order valence-electron chi connectivity index (χ4n) is 2.60. The number of rotatable bonds is 5. The van der Waals surface area contributed by atoms with Crippen LogP contribution in [0.5, 0.6) is 0 Å². The number of aromatic nitrogens is 1. The molecule has 2 saturated carbocycles. The summed E-state index contributed by atoms with van der Waals surface area (Å²) in [5, 5.41) is 8.94. The summed E-state index contributed by atoms with van der Waals surface area (Å²) in [5.41, 5.74) is 0.637. The van der Waals surface area contributed by atoms with E-state index in [2.05, 4.69) is 0 Å². The average molecular weight is 262 g/mol. The molecule has 5 heteroatoms. The van der Waals surface area contributed by atoms with Crippen molar-refractivity contribution in [1.29, 1.82) is 0 Å². The van der Waals surface area contributed by atoms with Gasteiger partial charge >= 0.3 is 5.97 Å². The summed E-state index contributed by atoms with van der Waals surface area (Å²) in [4.78, 5) is 24.9. The summed E-state index contributed by atoms with van der Waals surface area (Å²) in [6.07, 6.45) is 7.20. The molecule has 2 fully saturated rings. The zero-order chi connectivity index (χ0) is 13.4. The lowest BCUT2D eigenvalue weighted by molar-refractivity contribution is -0.137. The molecule has 0 spiro atoms. The van der Waals surface area contributed by atoms with E-state index in [1.54, 1.807) is 6.07 Å². The summed E-state index contributed by atoms with van der Waals surface area (Å²) in [5.74, 6) is -1.08. The van der Waals surface area contributed by atoms with Gasteiger partial charge in [0.2, 0.25) is 0 Å². The summed E-state index contributed by atoms with van der Waals surface area (Å²) >= 11 is 0. The molecule has 1 heterocycles. The van der Waals surface area contributed by atoms with E-state index >= 15 is 0 Å². The molecular formula is C14H18N2O3. The highest BCUT2D eigenvalue weighted by atomic mass is 16.4. The monoisotopic (exact) mass is 262 g/mol. The maximum Gasteiger partial charge on any atom is 0.323 e. The Morgan fingerprint density at radius 2 is 2.05 bits per heavy atom. The van der Waals surface area contributed by atoms with Crippen LogP contribution in [-0.2, 0) is 4.79 Å². The molecule has 3 rings (SSSR count). The molecule has 102 valence electrons. The van der Waals surface area contributed by atoms with Crippen LogP contribution in [0.25, 0.3) is 0 Å². The van der Waals surface area contributed by atoms with Crippen molar-refractivity contribution in [3.63, 3.8) is 0 Å². The van der Waals surface area contributed by atoms with Gasteiger partial charge in [0.05, 0.1) is 0 Å². The molecule has 0 atom stereocenters. The molecule has 5 nitrogen and oxygen atoms in total. The Hall–Kier alpha value is -1.78. The zero-order valence-corrected chi connectivity index (χ0v) is 10.8. The highest BCUT2D eigenvalue weighted by molar-refractivity contribution is 5.95. The molecule has 0 unspecified atom stereocenters. The normalized spacial score (nSPS) is 18.9. The maximum absolute atomic E-state index is 12.5. The molecule has 1 N–H and O–H groups in total. The number of carboxylic acid groups (broad SMARTS) is 1. The minimum Gasteiger partial charge on any atom is -0.480 e. The number of amides is 1. The predicted octanol–water partition coefficient (Wildman–Crippen LogP) is 1.90. The third-order valence-electron chi connectivity index (χ3n) is 4.02. The van der Waals surface area contributed by atoms with Crippen LogP contribution in [0.4, 0.5) is 0 Å². The van der Waals surface area contributed by atoms with Crippen LogP contribution in [0.1, 0.15) is 48.6 Å². The van der Waals surface area contributed by atoms with Gasteiger partial charge in [-0.2, -0.15) is 0 Å². The summed E-state index contributed by atoms with van der Waals surface area (Å²) in [7, 11) is 0. The van der Waals surface area contributed by atoms with Crippen molar-refractivity contribution in [2.75, 3.05) is 6.54 Å². The van der Waals surface area contributed by atoms with E-state index in [9.17, 15) is 9.59 Å². The fraction of sp³-hybridized carbons (Fsp3) is 0.571. The van der Waals surface area contributed by atoms with Gasteiger partial charge in [0.25, 0.3) is 5.91 Å². The second-order valence-electron chi connectivity index (χ2n) is 5.44. The second kappa shape index (κ2) is 4.72. The number of aliphatic carboxylic acids is 1. The standard InChI is InChI=1S/C14H18N2O3/c17-13(18)9-16(11-6-7-11)14(19)12-5-2-8-15(12)10-3-1-4-10/h2,5,8,10-11H,1,3-4,6-7,9H2,(H,17,18). The maximum atomic E-state index is 12.5. The quantitative estimate of drug-likeness (QED) is 0.881. The SMILES string of the molecule is O=C(O)CN(C(=O)c1cccn1C1CCC1)C1CC1. The first-order valence-electron chi connectivity index (χ1n) is 6.86. The fourth-order valence-corrected chi connectivity index (χ4v) is 2.60. The molecule has 1 aromatic heterocycles. The minimum absolute atomic E-state index is 0.119. The van der Waals surface area contributed by atoms with E-state index in [-0.39, 0.29) is 18.5 Å². The Morgan fingerprint density at radius 3 is 2.58 bits per heavy atom. The molecule has 0 aliphatic heterocycles. The summed E-state index contributed by atoms with van der Waals surface area (Å²) < 4.78 is 2.02. The van der Waals surface area contributed by atoms with Gasteiger partial charge in [-0.15, -0.1) is 0 Å². The Labute approximate surface area is 111 Å². The number of carbonyl (C=O) groups excluding carboxylic acids is 1. The molecule has 0 aromatic carbocycles. The molecular weight excluding hydrogens is 244 g/mol. The van der Waals surface area contributed by atoms with Gasteiger partial charge in [0, 0.05) is 18.3 Å². The van der Waals surface area contributed by atoms with Crippen molar-refractivity contribution >= 4 is 11.9 Å². The zero-order valence-electron chi connectivity index (χ0n) is 10.8. The largest absolute Gasteiger partial charge is 0.480 e. The Bertz CT molecular complexity index is 501. The van der Waals surface area contributed by atoms with Crippen LogP contribution < -0.4 is 0 Å². The van der Waals surface area contributed by atoms with Crippen LogP contribution in [0.2, 0.25) is 0 Å². The van der Waals surface area contributed by atoms with Gasteiger partial charge < -0.3 is 14.6 Å². The van der Waals surface area contributed by atoms with Crippen LogP contribution in [0, 0.1) is 0 Å². The summed E-state index contributed by atoms with van der Waals surface area (Å²) in [6, 6.07) is 4.21. The van der Waals surface area contributed by atoms with Gasteiger partial charge in [-0.05, 0) is 44.2 Å². The van der Waals surface area contributed by atoms with E-state index in [0.717, 1.165) is 25.7 Å². The topological polar surface area (TPSA) is 62.5 Å². The Balaban J connectivity index is 1.81. The van der Waals surface area contributed by atoms with E-state index < -0.39 is 5.97 Å². The predicted molar refractivity (Wildman–Crippen MR) is 69.0 cm³/mol. The molecule has 0 bridgehead atoms. The minimum atomic E-state index is -0.943. The second-order valence-corrected chi connectivity index (χ2v) is 5.44. The van der Waals surface area contributed by atoms with E-state index in [1.807, 2.05) is 16.8 Å². The highest BCUT2D eigenvalue weighted by Gasteiger charge is 2.36. The summed E-state index contributed by atoms with van der Waals surface area (Å²) in [6.45, 7) is -0.195. The molecule has 1 amide bonds. The van der Waals surface area contributed by atoms with E-state index in [1.165, 1.54) is 11.3 Å². The number of carbonyl (C=O) groups is 2. The first kappa shape index (κ1) is 12.3. The van der Waals surface area contributed by atoms with Crippen molar-refractivity contribution in [2.45, 2.75) is 44.2 Å². The smallest absolute Gasteiger partial charge is 0.323 e. The first-order valence-corrected chi connectivity index (χ1v) is 6.86.